The van der Waals surface area contributed by atoms with Crippen LogP contribution in [0.2, 0.25) is 0 Å². The highest BCUT2D eigenvalue weighted by Gasteiger charge is 2.21. The molecule has 0 nitrogen and oxygen atoms in total. The van der Waals surface area contributed by atoms with Crippen LogP contribution >= 0.6 is 11.3 Å². The molecule has 1 aromatic heterocycles. The Morgan fingerprint density at radius 1 is 0.800 bits per heavy atom. The van der Waals surface area contributed by atoms with E-state index in [-0.39, 0.29) is 0 Å². The van der Waals surface area contributed by atoms with Gasteiger partial charge in [0.1, 0.15) is 0 Å². The molecule has 94 valence electrons. The first-order valence-electron chi connectivity index (χ1n) is 6.91. The van der Waals surface area contributed by atoms with E-state index in [4.69, 9.17) is 0 Å². The fraction of sp³-hybridized carbons (Fsp3) is 0.0526. The zero-order chi connectivity index (χ0) is 13.1. The van der Waals surface area contributed by atoms with Gasteiger partial charge >= 0.3 is 0 Å². The Balaban J connectivity index is 1.97. The molecule has 0 spiro atoms. The van der Waals surface area contributed by atoms with Crippen LogP contribution in [0.5, 0.6) is 0 Å². The summed E-state index contributed by atoms with van der Waals surface area (Å²) in [7, 11) is 0. The predicted octanol–water partition coefficient (Wildman–Crippen LogP) is 5.63. The predicted molar refractivity (Wildman–Crippen MR) is 87.6 cm³/mol. The van der Waals surface area contributed by atoms with Gasteiger partial charge in [0.25, 0.3) is 0 Å². The van der Waals surface area contributed by atoms with Crippen molar-refractivity contribution in [2.24, 2.45) is 0 Å². The molecule has 0 radical (unpaired) electrons. The van der Waals surface area contributed by atoms with Gasteiger partial charge in [0.15, 0.2) is 0 Å². The molecule has 20 heavy (non-hydrogen) atoms. The Bertz CT molecular complexity index is 976. The number of hydrogen-bond donors (Lipinski definition) is 0. The summed E-state index contributed by atoms with van der Waals surface area (Å²) in [5.74, 6) is 0. The summed E-state index contributed by atoms with van der Waals surface area (Å²) >= 11 is 1.88. The Morgan fingerprint density at radius 3 is 2.55 bits per heavy atom. The monoisotopic (exact) mass is 272 g/mol. The average Bonchev–Trinajstić information content (AvgIpc) is 3.05. The summed E-state index contributed by atoms with van der Waals surface area (Å²) in [6.07, 6.45) is 1.10. The Morgan fingerprint density at radius 2 is 1.65 bits per heavy atom. The molecular formula is C19H12S. The SMILES string of the molecule is c1ccc2cc3c4c(ccc3cc2c1)Cc1sccc1-4. The smallest absolute Gasteiger partial charge is 0.0168 e. The van der Waals surface area contributed by atoms with Crippen molar-refractivity contribution in [2.75, 3.05) is 0 Å². The standard InChI is InChI=1S/C19H12S/c1-2-4-13-10-17-14(9-12(13)3-1)5-6-15-11-18-16(19(15)17)7-8-20-18/h1-10H,11H2. The number of hydrogen-bond acceptors (Lipinski definition) is 1. The molecule has 3 aromatic carbocycles. The number of rotatable bonds is 0. The van der Waals surface area contributed by atoms with Gasteiger partial charge in [-0.05, 0) is 61.8 Å². The first-order chi connectivity index (χ1) is 9.90. The van der Waals surface area contributed by atoms with Crippen LogP contribution in [0, 0.1) is 0 Å². The lowest BCUT2D eigenvalue weighted by molar-refractivity contribution is 1.32. The van der Waals surface area contributed by atoms with Gasteiger partial charge in [0.2, 0.25) is 0 Å². The minimum Gasteiger partial charge on any atom is -0.148 e. The van der Waals surface area contributed by atoms with E-state index in [0.717, 1.165) is 6.42 Å². The minimum atomic E-state index is 1.10. The van der Waals surface area contributed by atoms with E-state index in [0.29, 0.717) is 0 Å². The lowest BCUT2D eigenvalue weighted by Gasteiger charge is -2.08. The van der Waals surface area contributed by atoms with Crippen LogP contribution in [0.3, 0.4) is 0 Å². The van der Waals surface area contributed by atoms with E-state index in [1.165, 1.54) is 43.1 Å². The molecule has 4 aromatic rings. The Hall–Kier alpha value is -2.12. The van der Waals surface area contributed by atoms with Crippen molar-refractivity contribution in [3.63, 3.8) is 0 Å². The number of thiophene rings is 1. The summed E-state index contributed by atoms with van der Waals surface area (Å²) in [5, 5.41) is 7.62. The van der Waals surface area contributed by atoms with Crippen LogP contribution in [0.4, 0.5) is 0 Å². The van der Waals surface area contributed by atoms with Gasteiger partial charge in [0, 0.05) is 11.3 Å². The molecule has 0 atom stereocenters. The minimum absolute atomic E-state index is 1.10. The van der Waals surface area contributed by atoms with Crippen LogP contribution in [0.25, 0.3) is 32.7 Å². The topological polar surface area (TPSA) is 0 Å². The summed E-state index contributed by atoms with van der Waals surface area (Å²) in [6, 6.07) is 20.2. The van der Waals surface area contributed by atoms with Crippen molar-refractivity contribution >= 4 is 32.9 Å². The van der Waals surface area contributed by atoms with Gasteiger partial charge < -0.3 is 0 Å². The maximum atomic E-state index is 2.36. The first kappa shape index (κ1) is 10.6. The first-order valence-corrected chi connectivity index (χ1v) is 7.79. The average molecular weight is 272 g/mol. The van der Waals surface area contributed by atoms with Crippen LogP contribution in [-0.4, -0.2) is 0 Å². The van der Waals surface area contributed by atoms with E-state index in [9.17, 15) is 0 Å². The van der Waals surface area contributed by atoms with Crippen LogP contribution in [0.1, 0.15) is 10.4 Å². The molecule has 1 heteroatoms. The van der Waals surface area contributed by atoms with Gasteiger partial charge in [-0.15, -0.1) is 11.3 Å². The quantitative estimate of drug-likeness (QED) is 0.321. The highest BCUT2D eigenvalue weighted by atomic mass is 32.1. The van der Waals surface area contributed by atoms with Gasteiger partial charge in [-0.1, -0.05) is 36.4 Å². The van der Waals surface area contributed by atoms with Crippen LogP contribution in [0.15, 0.2) is 60.0 Å². The molecule has 0 N–H and O–H groups in total. The zero-order valence-electron chi connectivity index (χ0n) is 10.9. The molecule has 0 amide bonds. The fourth-order valence-corrected chi connectivity index (χ4v) is 4.30. The molecule has 1 aliphatic rings. The highest BCUT2D eigenvalue weighted by molar-refractivity contribution is 7.10. The lowest BCUT2D eigenvalue weighted by atomic mass is 9.96. The normalized spacial score (nSPS) is 12.8. The van der Waals surface area contributed by atoms with Crippen LogP contribution < -0.4 is 0 Å². The van der Waals surface area contributed by atoms with Crippen molar-refractivity contribution in [3.8, 4) is 11.1 Å². The maximum Gasteiger partial charge on any atom is 0.0168 e. The molecule has 1 aliphatic carbocycles. The molecular weight excluding hydrogens is 260 g/mol. The van der Waals surface area contributed by atoms with E-state index in [1.807, 2.05) is 11.3 Å². The van der Waals surface area contributed by atoms with Gasteiger partial charge in [0.05, 0.1) is 0 Å². The fourth-order valence-electron chi connectivity index (χ4n) is 3.40. The second kappa shape index (κ2) is 3.71. The molecule has 0 aliphatic heterocycles. The van der Waals surface area contributed by atoms with Crippen molar-refractivity contribution in [2.45, 2.75) is 6.42 Å². The number of benzene rings is 3. The highest BCUT2D eigenvalue weighted by Crippen LogP contribution is 2.44. The van der Waals surface area contributed by atoms with Crippen LogP contribution in [-0.2, 0) is 6.42 Å². The summed E-state index contributed by atoms with van der Waals surface area (Å²) < 4.78 is 0. The zero-order valence-corrected chi connectivity index (χ0v) is 11.7. The molecule has 0 unspecified atom stereocenters. The van der Waals surface area contributed by atoms with E-state index in [2.05, 4.69) is 60.0 Å². The van der Waals surface area contributed by atoms with Crippen molar-refractivity contribution in [1.82, 2.24) is 0 Å². The van der Waals surface area contributed by atoms with E-state index in [1.54, 1.807) is 0 Å². The van der Waals surface area contributed by atoms with Crippen molar-refractivity contribution in [3.05, 3.63) is 70.4 Å². The van der Waals surface area contributed by atoms with Gasteiger partial charge in [-0.2, -0.15) is 0 Å². The molecule has 0 saturated carbocycles. The summed E-state index contributed by atoms with van der Waals surface area (Å²) in [6.45, 7) is 0. The maximum absolute atomic E-state index is 2.36. The van der Waals surface area contributed by atoms with E-state index < -0.39 is 0 Å². The van der Waals surface area contributed by atoms with Crippen molar-refractivity contribution in [1.29, 1.82) is 0 Å². The summed E-state index contributed by atoms with van der Waals surface area (Å²) in [5.41, 5.74) is 4.39. The van der Waals surface area contributed by atoms with Crippen molar-refractivity contribution < 1.29 is 0 Å². The Labute approximate surface area is 121 Å². The second-order valence-electron chi connectivity index (χ2n) is 5.45. The molecule has 1 heterocycles. The summed E-state index contributed by atoms with van der Waals surface area (Å²) in [4.78, 5) is 1.51. The molecule has 0 fully saturated rings. The molecule has 5 rings (SSSR count). The molecule has 0 bridgehead atoms. The lowest BCUT2D eigenvalue weighted by Crippen LogP contribution is -1.83. The van der Waals surface area contributed by atoms with Gasteiger partial charge in [-0.3, -0.25) is 0 Å². The number of fused-ring (bicyclic) bond motifs is 6. The third kappa shape index (κ3) is 1.31. The third-order valence-corrected chi connectivity index (χ3v) is 5.26. The molecule has 0 saturated heterocycles. The third-order valence-electron chi connectivity index (χ3n) is 4.34. The largest absolute Gasteiger partial charge is 0.148 e. The Kier molecular flexibility index (Phi) is 1.97. The van der Waals surface area contributed by atoms with E-state index >= 15 is 0 Å². The van der Waals surface area contributed by atoms with Gasteiger partial charge in [-0.25, -0.2) is 0 Å². The second-order valence-corrected chi connectivity index (χ2v) is 6.46.